The van der Waals surface area contributed by atoms with E-state index >= 15 is 0 Å². The average Bonchev–Trinajstić information content (AvgIpc) is 2.75. The summed E-state index contributed by atoms with van der Waals surface area (Å²) >= 11 is 0. The first-order valence-electron chi connectivity index (χ1n) is 7.16. The number of piperidine rings is 1. The summed E-state index contributed by atoms with van der Waals surface area (Å²) < 4.78 is 1.79. The summed E-state index contributed by atoms with van der Waals surface area (Å²) in [6.07, 6.45) is 6.85. The number of carbonyl (C=O) groups excluding carboxylic acids is 2. The predicted octanol–water partition coefficient (Wildman–Crippen LogP) is 0.487. The lowest BCUT2D eigenvalue weighted by atomic mass is 9.93. The molecule has 0 saturated carbocycles. The van der Waals surface area contributed by atoms with E-state index in [1.165, 1.54) is 0 Å². The van der Waals surface area contributed by atoms with Gasteiger partial charge in [0.2, 0.25) is 11.8 Å². The molecule has 5 nitrogen and oxygen atoms in total. The van der Waals surface area contributed by atoms with Gasteiger partial charge in [0.1, 0.15) is 0 Å². The summed E-state index contributed by atoms with van der Waals surface area (Å²) in [4.78, 5) is 23.4. The standard InChI is InChI=1S/C16H21N3O2/c1-5-7-10(3)14-12(6-2)19(4)18-15(14)11-8-9-13(20)17-16(11)21/h5-7,11H,8-9H2,1-4H3,(H,17,20,21)/b7-5-,12-6+,14-10+. The van der Waals surface area contributed by atoms with Crippen molar-refractivity contribution in [1.82, 2.24) is 15.1 Å². The van der Waals surface area contributed by atoms with Gasteiger partial charge in [-0.05, 0) is 32.8 Å². The summed E-state index contributed by atoms with van der Waals surface area (Å²) in [6.45, 7) is 5.93. The summed E-state index contributed by atoms with van der Waals surface area (Å²) in [5, 5.41) is 8.93. The van der Waals surface area contributed by atoms with E-state index in [1.807, 2.05) is 46.0 Å². The third-order valence-electron chi connectivity index (χ3n) is 3.77. The zero-order valence-electron chi connectivity index (χ0n) is 12.9. The van der Waals surface area contributed by atoms with Gasteiger partial charge in [0.25, 0.3) is 0 Å². The van der Waals surface area contributed by atoms with Crippen LogP contribution in [0, 0.1) is 0 Å². The first-order chi connectivity index (χ1) is 9.99. The van der Waals surface area contributed by atoms with Crippen LogP contribution in [0.2, 0.25) is 0 Å². The lowest BCUT2D eigenvalue weighted by Gasteiger charge is -2.19. The van der Waals surface area contributed by atoms with E-state index in [4.69, 9.17) is 0 Å². The molecule has 1 saturated heterocycles. The predicted molar refractivity (Wildman–Crippen MR) is 81.6 cm³/mol. The number of imide groups is 1. The van der Waals surface area contributed by atoms with Crippen LogP contribution in [0.1, 0.15) is 45.2 Å². The zero-order chi connectivity index (χ0) is 15.6. The van der Waals surface area contributed by atoms with Gasteiger partial charge >= 0.3 is 0 Å². The molecule has 0 bridgehead atoms. The molecule has 1 aromatic rings. The molecule has 0 aromatic carbocycles. The Bertz CT molecular complexity index is 725. The van der Waals surface area contributed by atoms with Crippen molar-refractivity contribution in [3.63, 3.8) is 0 Å². The van der Waals surface area contributed by atoms with Crippen molar-refractivity contribution in [2.45, 2.75) is 39.5 Å². The van der Waals surface area contributed by atoms with Crippen molar-refractivity contribution < 1.29 is 9.59 Å². The van der Waals surface area contributed by atoms with Crippen molar-refractivity contribution in [2.24, 2.45) is 7.05 Å². The van der Waals surface area contributed by atoms with E-state index < -0.39 is 0 Å². The van der Waals surface area contributed by atoms with E-state index in [9.17, 15) is 9.59 Å². The minimum atomic E-state index is -0.363. The highest BCUT2D eigenvalue weighted by atomic mass is 16.2. The summed E-state index contributed by atoms with van der Waals surface area (Å²) in [5.74, 6) is -0.815. The molecule has 112 valence electrons. The van der Waals surface area contributed by atoms with Crippen LogP contribution in [0.3, 0.4) is 0 Å². The van der Waals surface area contributed by atoms with Gasteiger partial charge in [-0.2, -0.15) is 5.10 Å². The number of rotatable bonds is 2. The van der Waals surface area contributed by atoms with Crippen LogP contribution in [0.4, 0.5) is 0 Å². The molecule has 0 aliphatic carbocycles. The molecule has 0 spiro atoms. The molecule has 1 N–H and O–H groups in total. The van der Waals surface area contributed by atoms with Gasteiger partial charge in [-0.1, -0.05) is 18.2 Å². The molecular weight excluding hydrogens is 266 g/mol. The molecule has 5 heteroatoms. The molecule has 21 heavy (non-hydrogen) atoms. The third kappa shape index (κ3) is 2.82. The van der Waals surface area contributed by atoms with Crippen molar-refractivity contribution >= 4 is 23.5 Å². The number of carbonyl (C=O) groups is 2. The normalized spacial score (nSPS) is 21.9. The lowest BCUT2D eigenvalue weighted by molar-refractivity contribution is -0.134. The second-order valence-electron chi connectivity index (χ2n) is 5.24. The van der Waals surface area contributed by atoms with Crippen molar-refractivity contribution in [1.29, 1.82) is 0 Å². The van der Waals surface area contributed by atoms with Gasteiger partial charge in [-0.15, -0.1) is 0 Å². The summed E-state index contributed by atoms with van der Waals surface area (Å²) in [5.41, 5.74) is 1.82. The SMILES string of the molecule is C\C=C/C(C)=c1/c(C2CCC(=O)NC2=O)nn(C)/c1=C/C. The fourth-order valence-corrected chi connectivity index (χ4v) is 2.83. The molecule has 0 radical (unpaired) electrons. The highest BCUT2D eigenvalue weighted by Crippen LogP contribution is 2.20. The smallest absolute Gasteiger partial charge is 0.235 e. The van der Waals surface area contributed by atoms with Gasteiger partial charge in [0, 0.05) is 18.7 Å². The molecule has 1 fully saturated rings. The molecule has 2 rings (SSSR count). The number of aryl methyl sites for hydroxylation is 1. The quantitative estimate of drug-likeness (QED) is 0.805. The molecule has 1 aliphatic heterocycles. The number of nitrogens with one attached hydrogen (secondary N) is 1. The molecule has 1 atom stereocenters. The minimum absolute atomic E-state index is 0.204. The number of amides is 2. The Kier molecular flexibility index (Phi) is 4.40. The number of allylic oxidation sites excluding steroid dienone is 2. The molecule has 1 unspecified atom stereocenters. The second-order valence-corrected chi connectivity index (χ2v) is 5.24. The van der Waals surface area contributed by atoms with E-state index in [1.54, 1.807) is 4.68 Å². The van der Waals surface area contributed by atoms with Gasteiger partial charge in [-0.3, -0.25) is 19.6 Å². The summed E-state index contributed by atoms with van der Waals surface area (Å²) in [6, 6.07) is 0. The number of hydrogen-bond acceptors (Lipinski definition) is 3. The average molecular weight is 287 g/mol. The lowest BCUT2D eigenvalue weighted by Crippen LogP contribution is -2.42. The van der Waals surface area contributed by atoms with Crippen molar-refractivity contribution in [3.05, 3.63) is 28.4 Å². The monoisotopic (exact) mass is 287 g/mol. The Labute approximate surface area is 124 Å². The highest BCUT2D eigenvalue weighted by molar-refractivity contribution is 6.00. The van der Waals surface area contributed by atoms with Crippen LogP contribution >= 0.6 is 0 Å². The van der Waals surface area contributed by atoms with Gasteiger partial charge in [-0.25, -0.2) is 0 Å². The first-order valence-corrected chi connectivity index (χ1v) is 7.16. The number of aromatic nitrogens is 2. The maximum Gasteiger partial charge on any atom is 0.235 e. The van der Waals surface area contributed by atoms with Crippen molar-refractivity contribution in [3.8, 4) is 0 Å². The topological polar surface area (TPSA) is 64.0 Å². The highest BCUT2D eigenvalue weighted by Gasteiger charge is 2.31. The summed E-state index contributed by atoms with van der Waals surface area (Å²) in [7, 11) is 1.87. The van der Waals surface area contributed by atoms with Crippen LogP contribution in [-0.2, 0) is 16.6 Å². The van der Waals surface area contributed by atoms with Crippen molar-refractivity contribution in [2.75, 3.05) is 0 Å². The Morgan fingerprint density at radius 1 is 1.38 bits per heavy atom. The Morgan fingerprint density at radius 2 is 2.10 bits per heavy atom. The Morgan fingerprint density at radius 3 is 2.67 bits per heavy atom. The first kappa shape index (κ1) is 15.2. The van der Waals surface area contributed by atoms with Gasteiger partial charge < -0.3 is 0 Å². The Balaban J connectivity index is 2.69. The fourth-order valence-electron chi connectivity index (χ4n) is 2.83. The zero-order valence-corrected chi connectivity index (χ0v) is 12.9. The maximum absolute atomic E-state index is 12.1. The van der Waals surface area contributed by atoms with Crippen LogP contribution in [0.5, 0.6) is 0 Å². The van der Waals surface area contributed by atoms with Crippen LogP contribution in [0.25, 0.3) is 11.6 Å². The minimum Gasteiger partial charge on any atom is -0.296 e. The Hall–Kier alpha value is -2.17. The number of hydrogen-bond donors (Lipinski definition) is 1. The van der Waals surface area contributed by atoms with Crippen LogP contribution in [0.15, 0.2) is 12.2 Å². The third-order valence-corrected chi connectivity index (χ3v) is 3.77. The van der Waals surface area contributed by atoms with Crippen LogP contribution in [-0.4, -0.2) is 21.6 Å². The molecule has 2 heterocycles. The molecule has 1 aliphatic rings. The number of nitrogens with zero attached hydrogens (tertiary/aromatic N) is 2. The van der Waals surface area contributed by atoms with Crippen LogP contribution < -0.4 is 15.9 Å². The van der Waals surface area contributed by atoms with Gasteiger partial charge in [0.15, 0.2) is 0 Å². The maximum atomic E-state index is 12.1. The fraction of sp³-hybridized carbons (Fsp3) is 0.438. The van der Waals surface area contributed by atoms with Gasteiger partial charge in [0.05, 0.1) is 17.0 Å². The molecular formula is C16H21N3O2. The van der Waals surface area contributed by atoms with E-state index in [0.29, 0.717) is 12.8 Å². The van der Waals surface area contributed by atoms with E-state index in [0.717, 1.165) is 21.8 Å². The van der Waals surface area contributed by atoms with E-state index in [-0.39, 0.29) is 17.7 Å². The second kappa shape index (κ2) is 6.08. The van der Waals surface area contributed by atoms with E-state index in [2.05, 4.69) is 10.4 Å². The molecule has 1 aromatic heterocycles. The largest absolute Gasteiger partial charge is 0.296 e. The molecule has 2 amide bonds.